The van der Waals surface area contributed by atoms with Crippen LogP contribution in [0, 0.1) is 0 Å². The van der Waals surface area contributed by atoms with E-state index in [0.717, 1.165) is 13.1 Å². The van der Waals surface area contributed by atoms with Gasteiger partial charge in [-0.2, -0.15) is 0 Å². The van der Waals surface area contributed by atoms with Gasteiger partial charge in [0.15, 0.2) is 0 Å². The molecular formula is C13H19N5O. The Hall–Kier alpha value is -1.95. The second kappa shape index (κ2) is 6.29. The highest BCUT2D eigenvalue weighted by molar-refractivity contribution is 5.82. The van der Waals surface area contributed by atoms with Gasteiger partial charge in [-0.3, -0.25) is 4.79 Å². The molecule has 2 rings (SSSR count). The van der Waals surface area contributed by atoms with Crippen LogP contribution in [-0.4, -0.2) is 53.0 Å². The molecule has 0 aliphatic carbocycles. The summed E-state index contributed by atoms with van der Waals surface area (Å²) < 4.78 is 0. The highest BCUT2D eigenvalue weighted by Gasteiger charge is 2.25. The molecule has 2 heterocycles. The first-order chi connectivity index (χ1) is 9.22. The largest absolute Gasteiger partial charge is 0.338 e. The second-order valence-corrected chi connectivity index (χ2v) is 4.49. The summed E-state index contributed by atoms with van der Waals surface area (Å²) in [6.45, 7) is 6.38. The van der Waals surface area contributed by atoms with E-state index in [1.807, 2.05) is 0 Å². The van der Waals surface area contributed by atoms with E-state index in [4.69, 9.17) is 5.73 Å². The van der Waals surface area contributed by atoms with E-state index in [1.165, 1.54) is 0 Å². The summed E-state index contributed by atoms with van der Waals surface area (Å²) in [5.74, 6) is 0.707. The van der Waals surface area contributed by atoms with E-state index < -0.39 is 6.04 Å². The fourth-order valence-corrected chi connectivity index (χ4v) is 2.10. The zero-order valence-corrected chi connectivity index (χ0v) is 10.9. The maximum absolute atomic E-state index is 12.0. The first-order valence-corrected chi connectivity index (χ1v) is 6.39. The molecule has 0 radical (unpaired) electrons. The van der Waals surface area contributed by atoms with Crippen LogP contribution in [0.15, 0.2) is 31.1 Å². The highest BCUT2D eigenvalue weighted by atomic mass is 16.2. The molecule has 6 heteroatoms. The van der Waals surface area contributed by atoms with Gasteiger partial charge >= 0.3 is 0 Å². The van der Waals surface area contributed by atoms with Gasteiger partial charge in [0.1, 0.15) is 0 Å². The Kier molecular flexibility index (Phi) is 4.46. The molecule has 1 unspecified atom stereocenters. The molecule has 1 amide bonds. The molecule has 1 aromatic rings. The lowest BCUT2D eigenvalue weighted by Gasteiger charge is -2.35. The van der Waals surface area contributed by atoms with Crippen molar-refractivity contribution in [3.63, 3.8) is 0 Å². The molecular weight excluding hydrogens is 242 g/mol. The third kappa shape index (κ3) is 3.29. The Balaban J connectivity index is 1.89. The van der Waals surface area contributed by atoms with Gasteiger partial charge < -0.3 is 15.5 Å². The van der Waals surface area contributed by atoms with Crippen molar-refractivity contribution in [2.75, 3.05) is 31.1 Å². The molecule has 1 atom stereocenters. The highest BCUT2D eigenvalue weighted by Crippen LogP contribution is 2.10. The number of carbonyl (C=O) groups is 1. The smallest absolute Gasteiger partial charge is 0.239 e. The summed E-state index contributed by atoms with van der Waals surface area (Å²) in [5, 5.41) is 0. The normalized spacial score (nSPS) is 17.1. The summed E-state index contributed by atoms with van der Waals surface area (Å²) in [6.07, 6.45) is 5.64. The fraction of sp³-hybridized carbons (Fsp3) is 0.462. The van der Waals surface area contributed by atoms with Crippen LogP contribution in [0.4, 0.5) is 5.95 Å². The minimum Gasteiger partial charge on any atom is -0.338 e. The number of rotatable bonds is 4. The molecule has 0 saturated carbocycles. The lowest BCUT2D eigenvalue weighted by Crippen LogP contribution is -2.53. The summed E-state index contributed by atoms with van der Waals surface area (Å²) in [6, 6.07) is 1.31. The number of carbonyl (C=O) groups excluding carboxylic acids is 1. The Morgan fingerprint density at radius 1 is 1.37 bits per heavy atom. The molecule has 1 aliphatic rings. The Bertz CT molecular complexity index is 428. The summed E-state index contributed by atoms with van der Waals surface area (Å²) in [7, 11) is 0. The van der Waals surface area contributed by atoms with Crippen molar-refractivity contribution in [2.45, 2.75) is 12.5 Å². The summed E-state index contributed by atoms with van der Waals surface area (Å²) in [4.78, 5) is 24.3. The Morgan fingerprint density at radius 3 is 2.58 bits per heavy atom. The molecule has 0 bridgehead atoms. The van der Waals surface area contributed by atoms with E-state index in [1.54, 1.807) is 29.4 Å². The van der Waals surface area contributed by atoms with Gasteiger partial charge in [0.05, 0.1) is 6.04 Å². The van der Waals surface area contributed by atoms with E-state index in [-0.39, 0.29) is 5.91 Å². The molecule has 2 N–H and O–H groups in total. The van der Waals surface area contributed by atoms with E-state index >= 15 is 0 Å². The minimum atomic E-state index is -0.475. The average molecular weight is 261 g/mol. The molecule has 1 aliphatic heterocycles. The van der Waals surface area contributed by atoms with Crippen LogP contribution in [0.25, 0.3) is 0 Å². The minimum absolute atomic E-state index is 0.00599. The van der Waals surface area contributed by atoms with Crippen LogP contribution in [-0.2, 0) is 4.79 Å². The number of piperazine rings is 1. The molecule has 6 nitrogen and oxygen atoms in total. The summed E-state index contributed by atoms with van der Waals surface area (Å²) in [5.41, 5.74) is 5.80. The number of nitrogens with zero attached hydrogens (tertiary/aromatic N) is 4. The molecule has 19 heavy (non-hydrogen) atoms. The number of amides is 1. The second-order valence-electron chi connectivity index (χ2n) is 4.49. The topological polar surface area (TPSA) is 75.4 Å². The lowest BCUT2D eigenvalue weighted by atomic mass is 10.2. The SMILES string of the molecule is C=CCC(N)C(=O)N1CCN(c2ncccn2)CC1. The Morgan fingerprint density at radius 2 is 2.00 bits per heavy atom. The van der Waals surface area contributed by atoms with Gasteiger partial charge in [-0.15, -0.1) is 6.58 Å². The quantitative estimate of drug-likeness (QED) is 0.774. The molecule has 1 fully saturated rings. The zero-order valence-electron chi connectivity index (χ0n) is 10.9. The number of aromatic nitrogens is 2. The van der Waals surface area contributed by atoms with Crippen molar-refractivity contribution in [3.05, 3.63) is 31.1 Å². The van der Waals surface area contributed by atoms with Crippen LogP contribution in [0.5, 0.6) is 0 Å². The fourth-order valence-electron chi connectivity index (χ4n) is 2.10. The lowest BCUT2D eigenvalue weighted by molar-refractivity contribution is -0.132. The van der Waals surface area contributed by atoms with Gasteiger partial charge in [-0.25, -0.2) is 9.97 Å². The predicted octanol–water partition coefficient (Wildman–Crippen LogP) is 0.0286. The summed E-state index contributed by atoms with van der Waals surface area (Å²) >= 11 is 0. The monoisotopic (exact) mass is 261 g/mol. The Labute approximate surface area is 112 Å². The average Bonchev–Trinajstić information content (AvgIpc) is 2.48. The van der Waals surface area contributed by atoms with Gasteiger partial charge in [0.25, 0.3) is 0 Å². The van der Waals surface area contributed by atoms with Crippen LogP contribution in [0.3, 0.4) is 0 Å². The molecule has 0 aromatic carbocycles. The van der Waals surface area contributed by atoms with Crippen molar-refractivity contribution >= 4 is 11.9 Å². The molecule has 1 saturated heterocycles. The van der Waals surface area contributed by atoms with Gasteiger partial charge in [0.2, 0.25) is 11.9 Å². The van der Waals surface area contributed by atoms with Crippen molar-refractivity contribution < 1.29 is 4.79 Å². The van der Waals surface area contributed by atoms with Gasteiger partial charge in [-0.05, 0) is 12.5 Å². The van der Waals surface area contributed by atoms with Crippen molar-refractivity contribution in [1.82, 2.24) is 14.9 Å². The van der Waals surface area contributed by atoms with Crippen LogP contribution in [0.1, 0.15) is 6.42 Å². The molecule has 1 aromatic heterocycles. The van der Waals surface area contributed by atoms with Crippen LogP contribution in [0.2, 0.25) is 0 Å². The van der Waals surface area contributed by atoms with E-state index in [2.05, 4.69) is 21.4 Å². The van der Waals surface area contributed by atoms with Crippen molar-refractivity contribution in [1.29, 1.82) is 0 Å². The zero-order chi connectivity index (χ0) is 13.7. The third-order valence-corrected chi connectivity index (χ3v) is 3.16. The number of hydrogen-bond donors (Lipinski definition) is 1. The van der Waals surface area contributed by atoms with Gasteiger partial charge in [0, 0.05) is 38.6 Å². The molecule has 0 spiro atoms. The number of nitrogens with two attached hydrogens (primary N) is 1. The molecule has 102 valence electrons. The first-order valence-electron chi connectivity index (χ1n) is 6.39. The standard InChI is InChI=1S/C13H19N5O/c1-2-4-11(14)12(19)17-7-9-18(10-8-17)13-15-5-3-6-16-13/h2-3,5-6,11H,1,4,7-10,14H2. The maximum atomic E-state index is 12.0. The third-order valence-electron chi connectivity index (χ3n) is 3.16. The van der Waals surface area contributed by atoms with E-state index in [0.29, 0.717) is 25.5 Å². The number of hydrogen-bond acceptors (Lipinski definition) is 5. The van der Waals surface area contributed by atoms with Crippen molar-refractivity contribution in [2.24, 2.45) is 5.73 Å². The first kappa shape index (κ1) is 13.5. The number of anilines is 1. The van der Waals surface area contributed by atoms with E-state index in [9.17, 15) is 4.79 Å². The van der Waals surface area contributed by atoms with Crippen LogP contribution >= 0.6 is 0 Å². The van der Waals surface area contributed by atoms with Gasteiger partial charge in [-0.1, -0.05) is 6.08 Å². The van der Waals surface area contributed by atoms with Crippen LogP contribution < -0.4 is 10.6 Å². The predicted molar refractivity (Wildman–Crippen MR) is 73.6 cm³/mol. The maximum Gasteiger partial charge on any atom is 0.239 e. The van der Waals surface area contributed by atoms with Crippen molar-refractivity contribution in [3.8, 4) is 0 Å².